The number of hydrogen-bond acceptors (Lipinski definition) is 5. The maximum atomic E-state index is 12.5. The number of benzene rings is 1. The van der Waals surface area contributed by atoms with E-state index in [1.54, 1.807) is 19.1 Å². The summed E-state index contributed by atoms with van der Waals surface area (Å²) in [5, 5.41) is 13.2. The van der Waals surface area contributed by atoms with E-state index in [-0.39, 0.29) is 5.91 Å². The number of carboxylic acid groups (broad SMARTS) is 1. The van der Waals surface area contributed by atoms with Crippen molar-refractivity contribution in [3.05, 3.63) is 46.0 Å². The molecule has 0 aliphatic carbocycles. The SMILES string of the molecule is Cc1nnsc1C(=O)N1CCC(Cc2ccccc2C(=O)O)CC1. The number of amides is 1. The summed E-state index contributed by atoms with van der Waals surface area (Å²) in [6, 6.07) is 7.16. The maximum absolute atomic E-state index is 12.5. The smallest absolute Gasteiger partial charge is 0.335 e. The van der Waals surface area contributed by atoms with Gasteiger partial charge in [-0.2, -0.15) is 0 Å². The molecule has 6 nitrogen and oxygen atoms in total. The summed E-state index contributed by atoms with van der Waals surface area (Å²) in [6.45, 7) is 3.18. The summed E-state index contributed by atoms with van der Waals surface area (Å²) in [5.74, 6) is -0.478. The fourth-order valence-electron chi connectivity index (χ4n) is 3.13. The number of hydrogen-bond donors (Lipinski definition) is 1. The first-order valence-corrected chi connectivity index (χ1v) is 8.73. The normalized spacial score (nSPS) is 15.5. The molecule has 3 rings (SSSR count). The van der Waals surface area contributed by atoms with Crippen LogP contribution in [0.3, 0.4) is 0 Å². The molecule has 7 heteroatoms. The Morgan fingerprint density at radius 1 is 1.29 bits per heavy atom. The molecule has 0 unspecified atom stereocenters. The Labute approximate surface area is 144 Å². The lowest BCUT2D eigenvalue weighted by Gasteiger charge is -2.32. The van der Waals surface area contributed by atoms with Crippen molar-refractivity contribution in [3.63, 3.8) is 0 Å². The first kappa shape index (κ1) is 16.6. The first-order chi connectivity index (χ1) is 11.6. The molecule has 0 saturated carbocycles. The van der Waals surface area contributed by atoms with Crippen molar-refractivity contribution in [2.24, 2.45) is 5.92 Å². The van der Waals surface area contributed by atoms with Gasteiger partial charge in [-0.3, -0.25) is 4.79 Å². The third kappa shape index (κ3) is 3.46. The molecule has 0 spiro atoms. The quantitative estimate of drug-likeness (QED) is 0.921. The minimum absolute atomic E-state index is 0.00638. The van der Waals surface area contributed by atoms with Gasteiger partial charge in [0.05, 0.1) is 11.3 Å². The number of carboxylic acids is 1. The van der Waals surface area contributed by atoms with Crippen LogP contribution < -0.4 is 0 Å². The molecule has 0 atom stereocenters. The lowest BCUT2D eigenvalue weighted by Crippen LogP contribution is -2.38. The molecule has 2 heterocycles. The summed E-state index contributed by atoms with van der Waals surface area (Å²) in [4.78, 5) is 26.2. The Morgan fingerprint density at radius 2 is 2.00 bits per heavy atom. The van der Waals surface area contributed by atoms with Crippen LogP contribution in [0, 0.1) is 12.8 Å². The van der Waals surface area contributed by atoms with Gasteiger partial charge in [0, 0.05) is 13.1 Å². The van der Waals surface area contributed by atoms with E-state index < -0.39 is 5.97 Å². The number of likely N-dealkylation sites (tertiary alicyclic amines) is 1. The fourth-order valence-corrected chi connectivity index (χ4v) is 3.75. The van der Waals surface area contributed by atoms with Crippen LogP contribution in [0.4, 0.5) is 0 Å². The van der Waals surface area contributed by atoms with Crippen LogP contribution in [-0.2, 0) is 6.42 Å². The van der Waals surface area contributed by atoms with E-state index in [0.717, 1.165) is 36.4 Å². The zero-order valence-electron chi connectivity index (χ0n) is 13.4. The number of piperidine rings is 1. The third-order valence-electron chi connectivity index (χ3n) is 4.50. The number of aromatic nitrogens is 2. The van der Waals surface area contributed by atoms with Crippen LogP contribution >= 0.6 is 11.5 Å². The van der Waals surface area contributed by atoms with Crippen molar-refractivity contribution in [1.82, 2.24) is 14.5 Å². The average molecular weight is 345 g/mol. The van der Waals surface area contributed by atoms with Gasteiger partial charge in [0.1, 0.15) is 4.88 Å². The van der Waals surface area contributed by atoms with Gasteiger partial charge >= 0.3 is 5.97 Å². The lowest BCUT2D eigenvalue weighted by molar-refractivity contribution is 0.0694. The summed E-state index contributed by atoms with van der Waals surface area (Å²) in [7, 11) is 0. The molecular formula is C17H19N3O3S. The van der Waals surface area contributed by atoms with Gasteiger partial charge in [-0.1, -0.05) is 22.7 Å². The zero-order chi connectivity index (χ0) is 17.1. The van der Waals surface area contributed by atoms with Crippen molar-refractivity contribution in [1.29, 1.82) is 0 Å². The fraction of sp³-hybridized carbons (Fsp3) is 0.412. The molecule has 1 N–H and O–H groups in total. The molecule has 0 radical (unpaired) electrons. The van der Waals surface area contributed by atoms with Crippen LogP contribution in [0.25, 0.3) is 0 Å². The molecule has 1 aliphatic heterocycles. The van der Waals surface area contributed by atoms with Gasteiger partial charge < -0.3 is 10.0 Å². The summed E-state index contributed by atoms with van der Waals surface area (Å²) in [5.41, 5.74) is 1.93. The van der Waals surface area contributed by atoms with E-state index in [4.69, 9.17) is 0 Å². The number of rotatable bonds is 4. The minimum Gasteiger partial charge on any atom is -0.478 e. The highest BCUT2D eigenvalue weighted by Gasteiger charge is 2.26. The summed E-state index contributed by atoms with van der Waals surface area (Å²) >= 11 is 1.14. The van der Waals surface area contributed by atoms with Gasteiger partial charge in [0.25, 0.3) is 5.91 Å². The molecule has 24 heavy (non-hydrogen) atoms. The van der Waals surface area contributed by atoms with E-state index >= 15 is 0 Å². The van der Waals surface area contributed by atoms with E-state index in [1.165, 1.54) is 0 Å². The number of nitrogens with zero attached hydrogens (tertiary/aromatic N) is 3. The van der Waals surface area contributed by atoms with Crippen LogP contribution in [0.5, 0.6) is 0 Å². The lowest BCUT2D eigenvalue weighted by atomic mass is 9.88. The Bertz CT molecular complexity index is 751. The van der Waals surface area contributed by atoms with Crippen LogP contribution in [-0.4, -0.2) is 44.6 Å². The van der Waals surface area contributed by atoms with Crippen molar-refractivity contribution in [2.75, 3.05) is 13.1 Å². The largest absolute Gasteiger partial charge is 0.478 e. The van der Waals surface area contributed by atoms with Gasteiger partial charge in [-0.15, -0.1) is 5.10 Å². The second-order valence-corrected chi connectivity index (χ2v) is 6.84. The van der Waals surface area contributed by atoms with Crippen molar-refractivity contribution >= 4 is 23.4 Å². The molecule has 1 fully saturated rings. The van der Waals surface area contributed by atoms with E-state index in [1.807, 2.05) is 17.0 Å². The standard InChI is InChI=1S/C17H19N3O3S/c1-11-15(24-19-18-11)16(21)20-8-6-12(7-9-20)10-13-4-2-3-5-14(13)17(22)23/h2-5,12H,6-10H2,1H3,(H,22,23). The Morgan fingerprint density at radius 3 is 2.62 bits per heavy atom. The Kier molecular flexibility index (Phi) is 4.89. The Hall–Kier alpha value is -2.28. The minimum atomic E-state index is -0.883. The molecule has 1 amide bonds. The molecule has 126 valence electrons. The van der Waals surface area contributed by atoms with E-state index in [9.17, 15) is 14.7 Å². The summed E-state index contributed by atoms with van der Waals surface area (Å²) < 4.78 is 3.82. The van der Waals surface area contributed by atoms with Crippen LogP contribution in [0.1, 0.15) is 44.1 Å². The van der Waals surface area contributed by atoms with Crippen LogP contribution in [0.2, 0.25) is 0 Å². The highest BCUT2D eigenvalue weighted by molar-refractivity contribution is 7.07. The molecular weight excluding hydrogens is 326 g/mol. The van der Waals surface area contributed by atoms with Crippen molar-refractivity contribution in [2.45, 2.75) is 26.2 Å². The van der Waals surface area contributed by atoms with Crippen LogP contribution in [0.15, 0.2) is 24.3 Å². The maximum Gasteiger partial charge on any atom is 0.335 e. The van der Waals surface area contributed by atoms with Crippen molar-refractivity contribution in [3.8, 4) is 0 Å². The van der Waals surface area contributed by atoms with Gasteiger partial charge in [0.15, 0.2) is 0 Å². The molecule has 1 saturated heterocycles. The van der Waals surface area contributed by atoms with Gasteiger partial charge in [-0.25, -0.2) is 4.79 Å². The molecule has 1 aliphatic rings. The third-order valence-corrected chi connectivity index (χ3v) is 5.32. The predicted octanol–water partition coefficient (Wildman–Crippen LogP) is 2.64. The highest BCUT2D eigenvalue weighted by Crippen LogP contribution is 2.25. The number of aromatic carboxylic acids is 1. The molecule has 2 aromatic rings. The monoisotopic (exact) mass is 345 g/mol. The molecule has 1 aromatic carbocycles. The topological polar surface area (TPSA) is 83.4 Å². The van der Waals surface area contributed by atoms with E-state index in [0.29, 0.717) is 35.1 Å². The molecule has 0 bridgehead atoms. The molecule has 1 aromatic heterocycles. The van der Waals surface area contributed by atoms with Gasteiger partial charge in [-0.05, 0) is 55.3 Å². The number of carbonyl (C=O) groups excluding carboxylic acids is 1. The first-order valence-electron chi connectivity index (χ1n) is 7.95. The second kappa shape index (κ2) is 7.09. The zero-order valence-corrected chi connectivity index (χ0v) is 14.3. The Balaban J connectivity index is 1.61. The predicted molar refractivity (Wildman–Crippen MR) is 90.4 cm³/mol. The van der Waals surface area contributed by atoms with Crippen molar-refractivity contribution < 1.29 is 14.7 Å². The second-order valence-electron chi connectivity index (χ2n) is 6.09. The van der Waals surface area contributed by atoms with Gasteiger partial charge in [0.2, 0.25) is 0 Å². The number of aryl methyl sites for hydroxylation is 1. The average Bonchev–Trinajstić information content (AvgIpc) is 3.01. The number of carbonyl (C=O) groups is 2. The van der Waals surface area contributed by atoms with E-state index in [2.05, 4.69) is 9.59 Å². The summed E-state index contributed by atoms with van der Waals surface area (Å²) in [6.07, 6.45) is 2.50. The highest BCUT2D eigenvalue weighted by atomic mass is 32.1.